The highest BCUT2D eigenvalue weighted by Crippen LogP contribution is 2.19. The van der Waals surface area contributed by atoms with Crippen molar-refractivity contribution in [2.24, 2.45) is 16.8 Å². The lowest BCUT2D eigenvalue weighted by Gasteiger charge is -2.20. The van der Waals surface area contributed by atoms with Crippen LogP contribution in [0.5, 0.6) is 0 Å². The van der Waals surface area contributed by atoms with E-state index in [-0.39, 0.29) is 12.0 Å². The van der Waals surface area contributed by atoms with E-state index in [0.717, 1.165) is 25.5 Å². The molecule has 0 radical (unpaired) electrons. The molecular formula is C14H27NO2. The highest BCUT2D eigenvalue weighted by Gasteiger charge is 2.16. The number of hydrogen-bond donors (Lipinski definition) is 0. The number of aldehydes is 1. The second-order valence-corrected chi connectivity index (χ2v) is 4.73. The maximum atomic E-state index is 10.7. The lowest BCUT2D eigenvalue weighted by atomic mass is 9.89. The van der Waals surface area contributed by atoms with E-state index in [1.54, 1.807) is 7.11 Å². The molecule has 0 saturated carbocycles. The van der Waals surface area contributed by atoms with E-state index in [9.17, 15) is 4.79 Å². The van der Waals surface area contributed by atoms with Gasteiger partial charge in [-0.25, -0.2) is 0 Å². The van der Waals surface area contributed by atoms with Crippen LogP contribution in [0, 0.1) is 11.8 Å². The van der Waals surface area contributed by atoms with Crippen LogP contribution in [0.25, 0.3) is 0 Å². The van der Waals surface area contributed by atoms with Gasteiger partial charge in [0.25, 0.3) is 0 Å². The van der Waals surface area contributed by atoms with E-state index in [0.29, 0.717) is 12.5 Å². The minimum atomic E-state index is 0.120. The smallest absolute Gasteiger partial charge is 0.122 e. The molecule has 0 fully saturated rings. The Balaban J connectivity index is 4.61. The summed E-state index contributed by atoms with van der Waals surface area (Å²) in [6.45, 7) is 8.99. The van der Waals surface area contributed by atoms with Crippen molar-refractivity contribution in [1.29, 1.82) is 0 Å². The third-order valence-electron chi connectivity index (χ3n) is 3.01. The molecule has 100 valence electrons. The number of ether oxygens (including phenoxy) is 1. The summed E-state index contributed by atoms with van der Waals surface area (Å²) >= 11 is 0. The van der Waals surface area contributed by atoms with E-state index in [2.05, 4.69) is 20.8 Å². The van der Waals surface area contributed by atoms with Gasteiger partial charge >= 0.3 is 0 Å². The predicted octanol–water partition coefficient (Wildman–Crippen LogP) is 3.12. The Morgan fingerprint density at radius 3 is 2.41 bits per heavy atom. The number of hydrogen-bond acceptors (Lipinski definition) is 3. The molecule has 0 spiro atoms. The van der Waals surface area contributed by atoms with Crippen LogP contribution in [-0.4, -0.2) is 31.8 Å². The summed E-state index contributed by atoms with van der Waals surface area (Å²) in [6.07, 6.45) is 3.95. The van der Waals surface area contributed by atoms with Crippen LogP contribution in [0.3, 0.4) is 0 Å². The predicted molar refractivity (Wildman–Crippen MR) is 72.7 cm³/mol. The molecule has 0 aliphatic rings. The van der Waals surface area contributed by atoms with Crippen molar-refractivity contribution in [3.63, 3.8) is 0 Å². The molecule has 0 bridgehead atoms. The first kappa shape index (κ1) is 16.3. The highest BCUT2D eigenvalue weighted by molar-refractivity contribution is 5.87. The molecule has 0 saturated heterocycles. The van der Waals surface area contributed by atoms with Gasteiger partial charge in [0, 0.05) is 18.7 Å². The van der Waals surface area contributed by atoms with Crippen molar-refractivity contribution < 1.29 is 9.53 Å². The number of rotatable bonds is 9. The summed E-state index contributed by atoms with van der Waals surface area (Å²) in [7, 11) is 1.70. The zero-order valence-electron chi connectivity index (χ0n) is 11.9. The van der Waals surface area contributed by atoms with E-state index in [1.807, 2.05) is 6.92 Å². The number of aliphatic imine (C=N–C) groups is 1. The zero-order valence-corrected chi connectivity index (χ0v) is 11.9. The zero-order chi connectivity index (χ0) is 13.3. The molecule has 0 N–H and O–H groups in total. The number of carbonyl (C=O) groups excluding carboxylic acids is 1. The molecule has 2 unspecified atom stereocenters. The molecule has 0 aromatic heterocycles. The first-order chi connectivity index (χ1) is 8.08. The molecule has 3 heteroatoms. The monoisotopic (exact) mass is 241 g/mol. The fourth-order valence-corrected chi connectivity index (χ4v) is 2.09. The average Bonchev–Trinajstić information content (AvgIpc) is 2.33. The molecule has 0 amide bonds. The van der Waals surface area contributed by atoms with Crippen LogP contribution in [-0.2, 0) is 9.53 Å². The second kappa shape index (κ2) is 9.34. The maximum Gasteiger partial charge on any atom is 0.122 e. The minimum Gasteiger partial charge on any atom is -0.382 e. The molecule has 0 aliphatic carbocycles. The van der Waals surface area contributed by atoms with Crippen LogP contribution in [0.4, 0.5) is 0 Å². The van der Waals surface area contributed by atoms with Crippen molar-refractivity contribution in [3.8, 4) is 0 Å². The molecular weight excluding hydrogens is 214 g/mol. The first-order valence-electron chi connectivity index (χ1n) is 6.59. The van der Waals surface area contributed by atoms with Gasteiger partial charge in [-0.05, 0) is 32.1 Å². The van der Waals surface area contributed by atoms with Gasteiger partial charge in [-0.1, -0.05) is 20.8 Å². The van der Waals surface area contributed by atoms with Crippen molar-refractivity contribution in [3.05, 3.63) is 0 Å². The Morgan fingerprint density at radius 1 is 1.35 bits per heavy atom. The highest BCUT2D eigenvalue weighted by atomic mass is 16.5. The van der Waals surface area contributed by atoms with Gasteiger partial charge < -0.3 is 9.53 Å². The van der Waals surface area contributed by atoms with Crippen molar-refractivity contribution >= 4 is 12.0 Å². The normalized spacial score (nSPS) is 17.6. The Bertz CT molecular complexity index is 238. The SMILES string of the molecule is CCC(=N[C@@H](C)COC)C(CC)CC(C)C=O. The molecule has 0 heterocycles. The van der Waals surface area contributed by atoms with Crippen LogP contribution < -0.4 is 0 Å². The summed E-state index contributed by atoms with van der Waals surface area (Å²) in [5, 5.41) is 0. The van der Waals surface area contributed by atoms with E-state index in [4.69, 9.17) is 9.73 Å². The fraction of sp³-hybridized carbons (Fsp3) is 0.857. The molecule has 0 rings (SSSR count). The van der Waals surface area contributed by atoms with Gasteiger partial charge in [-0.3, -0.25) is 4.99 Å². The molecule has 0 aromatic carbocycles. The third-order valence-corrected chi connectivity index (χ3v) is 3.01. The first-order valence-corrected chi connectivity index (χ1v) is 6.59. The molecule has 0 aliphatic heterocycles. The summed E-state index contributed by atoms with van der Waals surface area (Å²) in [5.41, 5.74) is 1.23. The molecule has 0 aromatic rings. The number of methoxy groups -OCH3 is 1. The fourth-order valence-electron chi connectivity index (χ4n) is 2.09. The van der Waals surface area contributed by atoms with Gasteiger partial charge in [-0.15, -0.1) is 0 Å². The average molecular weight is 241 g/mol. The standard InChI is InChI=1S/C14H27NO2/c1-6-13(8-11(3)9-16)14(7-2)15-12(4)10-17-5/h9,11-13H,6-8,10H2,1-5H3/t11?,12-,13?/m0/s1. The summed E-state index contributed by atoms with van der Waals surface area (Å²) in [6, 6.07) is 0.204. The van der Waals surface area contributed by atoms with E-state index >= 15 is 0 Å². The Labute approximate surface area is 106 Å². The van der Waals surface area contributed by atoms with Crippen LogP contribution in [0.15, 0.2) is 4.99 Å². The van der Waals surface area contributed by atoms with Crippen LogP contribution >= 0.6 is 0 Å². The molecule has 3 nitrogen and oxygen atoms in total. The quantitative estimate of drug-likeness (QED) is 0.459. The number of nitrogens with zero attached hydrogens (tertiary/aromatic N) is 1. The van der Waals surface area contributed by atoms with Gasteiger partial charge in [0.1, 0.15) is 6.29 Å². The topological polar surface area (TPSA) is 38.7 Å². The van der Waals surface area contributed by atoms with Crippen molar-refractivity contribution in [2.75, 3.05) is 13.7 Å². The Hall–Kier alpha value is -0.700. The van der Waals surface area contributed by atoms with E-state index < -0.39 is 0 Å². The van der Waals surface area contributed by atoms with Gasteiger partial charge in [0.15, 0.2) is 0 Å². The minimum absolute atomic E-state index is 0.120. The van der Waals surface area contributed by atoms with Gasteiger partial charge in [0.05, 0.1) is 12.6 Å². The maximum absolute atomic E-state index is 10.7. The summed E-state index contributed by atoms with van der Waals surface area (Å²) in [4.78, 5) is 15.5. The third kappa shape index (κ3) is 6.57. The van der Waals surface area contributed by atoms with Gasteiger partial charge in [-0.2, -0.15) is 0 Å². The van der Waals surface area contributed by atoms with Crippen LogP contribution in [0.1, 0.15) is 47.0 Å². The lowest BCUT2D eigenvalue weighted by molar-refractivity contribution is -0.110. The Kier molecular flexibility index (Phi) is 8.96. The largest absolute Gasteiger partial charge is 0.382 e. The molecule has 3 atom stereocenters. The molecule has 17 heavy (non-hydrogen) atoms. The summed E-state index contributed by atoms with van der Waals surface area (Å²) in [5.74, 6) is 0.550. The lowest BCUT2D eigenvalue weighted by Crippen LogP contribution is -2.20. The Morgan fingerprint density at radius 2 is 2.00 bits per heavy atom. The number of carbonyl (C=O) groups is 1. The summed E-state index contributed by atoms with van der Waals surface area (Å²) < 4.78 is 5.10. The second-order valence-electron chi connectivity index (χ2n) is 4.73. The van der Waals surface area contributed by atoms with Crippen LogP contribution in [0.2, 0.25) is 0 Å². The van der Waals surface area contributed by atoms with Gasteiger partial charge in [0.2, 0.25) is 0 Å². The van der Waals surface area contributed by atoms with Crippen molar-refractivity contribution in [1.82, 2.24) is 0 Å². The van der Waals surface area contributed by atoms with Crippen molar-refractivity contribution in [2.45, 2.75) is 53.0 Å². The van der Waals surface area contributed by atoms with E-state index in [1.165, 1.54) is 5.71 Å².